The molecule has 0 saturated heterocycles. The highest BCUT2D eigenvalue weighted by atomic mass is 32.2. The molecule has 0 aliphatic carbocycles. The fraction of sp³-hybridized carbons (Fsp3) is 0.900. The van der Waals surface area contributed by atoms with E-state index in [0.717, 1.165) is 0 Å². The summed E-state index contributed by atoms with van der Waals surface area (Å²) in [7, 11) is -3.42. The van der Waals surface area contributed by atoms with E-state index >= 15 is 0 Å². The number of nitrogens with one attached hydrogen (secondary N) is 1. The van der Waals surface area contributed by atoms with Gasteiger partial charge in [0.05, 0.1) is 11.2 Å². The minimum Gasteiger partial charge on any atom is -0.481 e. The van der Waals surface area contributed by atoms with Crippen LogP contribution in [0.5, 0.6) is 0 Å². The molecule has 0 atom stereocenters. The Morgan fingerprint density at radius 2 is 1.62 bits per heavy atom. The average molecular weight is 251 g/mol. The molecule has 0 aliphatic rings. The van der Waals surface area contributed by atoms with E-state index < -0.39 is 21.4 Å². The summed E-state index contributed by atoms with van der Waals surface area (Å²) in [6.45, 7) is 8.31. The van der Waals surface area contributed by atoms with Gasteiger partial charge in [-0.25, -0.2) is 13.1 Å². The zero-order valence-electron chi connectivity index (χ0n) is 10.5. The molecule has 2 N–H and O–H groups in total. The minimum atomic E-state index is -3.42. The normalized spacial score (nSPS) is 13.8. The van der Waals surface area contributed by atoms with E-state index in [1.807, 2.05) is 20.8 Å². The van der Waals surface area contributed by atoms with Gasteiger partial charge in [-0.05, 0) is 19.3 Å². The monoisotopic (exact) mass is 251 g/mol. The molecule has 0 bridgehead atoms. The molecule has 6 heteroatoms. The van der Waals surface area contributed by atoms with Crippen LogP contribution in [0.15, 0.2) is 0 Å². The zero-order chi connectivity index (χ0) is 13.2. The number of carbonyl (C=O) groups is 1. The molecule has 5 nitrogen and oxygen atoms in total. The van der Waals surface area contributed by atoms with Crippen LogP contribution in [0.25, 0.3) is 0 Å². The van der Waals surface area contributed by atoms with Gasteiger partial charge in [-0.2, -0.15) is 0 Å². The summed E-state index contributed by atoms with van der Waals surface area (Å²) in [5.41, 5.74) is -1.44. The van der Waals surface area contributed by atoms with E-state index in [-0.39, 0.29) is 17.7 Å². The van der Waals surface area contributed by atoms with Crippen molar-refractivity contribution >= 4 is 16.0 Å². The Bertz CT molecular complexity index is 352. The van der Waals surface area contributed by atoms with Crippen molar-refractivity contribution in [2.24, 2.45) is 10.8 Å². The number of carboxylic acids is 1. The van der Waals surface area contributed by atoms with Crippen LogP contribution in [0.4, 0.5) is 0 Å². The SMILES string of the molecule is CC(C)(C)CS(=O)(=O)NCC(C)(C)C(=O)O. The lowest BCUT2D eigenvalue weighted by Gasteiger charge is -2.22. The second kappa shape index (κ2) is 4.71. The quantitative estimate of drug-likeness (QED) is 0.765. The zero-order valence-corrected chi connectivity index (χ0v) is 11.3. The fourth-order valence-electron chi connectivity index (χ4n) is 0.987. The molecular weight excluding hydrogens is 230 g/mol. The molecule has 0 aliphatic heterocycles. The summed E-state index contributed by atoms with van der Waals surface area (Å²) in [5, 5.41) is 8.84. The first-order chi connectivity index (χ1) is 6.86. The summed E-state index contributed by atoms with van der Waals surface area (Å²) in [6.07, 6.45) is 0. The number of sulfonamides is 1. The maximum absolute atomic E-state index is 11.6. The van der Waals surface area contributed by atoms with Crippen molar-refractivity contribution in [1.82, 2.24) is 4.72 Å². The van der Waals surface area contributed by atoms with Crippen molar-refractivity contribution < 1.29 is 18.3 Å². The minimum absolute atomic E-state index is 0.0182. The van der Waals surface area contributed by atoms with E-state index in [1.165, 1.54) is 13.8 Å². The van der Waals surface area contributed by atoms with Crippen LogP contribution in [0.2, 0.25) is 0 Å². The van der Waals surface area contributed by atoms with Crippen molar-refractivity contribution in [2.75, 3.05) is 12.3 Å². The predicted molar refractivity (Wildman–Crippen MR) is 62.7 cm³/mol. The summed E-state index contributed by atoms with van der Waals surface area (Å²) < 4.78 is 25.6. The molecule has 0 heterocycles. The van der Waals surface area contributed by atoms with Gasteiger partial charge in [0.25, 0.3) is 0 Å². The van der Waals surface area contributed by atoms with Crippen molar-refractivity contribution in [2.45, 2.75) is 34.6 Å². The van der Waals surface area contributed by atoms with Crippen molar-refractivity contribution in [3.05, 3.63) is 0 Å². The molecule has 0 unspecified atom stereocenters. The molecule has 16 heavy (non-hydrogen) atoms. The van der Waals surface area contributed by atoms with Crippen molar-refractivity contribution in [3.8, 4) is 0 Å². The number of hydrogen-bond donors (Lipinski definition) is 2. The lowest BCUT2D eigenvalue weighted by Crippen LogP contribution is -2.41. The molecule has 0 rings (SSSR count). The molecule has 0 spiro atoms. The van der Waals surface area contributed by atoms with Gasteiger partial charge in [-0.1, -0.05) is 20.8 Å². The Balaban J connectivity index is 4.48. The first-order valence-corrected chi connectivity index (χ1v) is 6.72. The molecule has 0 fully saturated rings. The van der Waals surface area contributed by atoms with Crippen molar-refractivity contribution in [3.63, 3.8) is 0 Å². The fourth-order valence-corrected chi connectivity index (χ4v) is 2.81. The van der Waals surface area contributed by atoms with E-state index in [1.54, 1.807) is 0 Å². The first kappa shape index (κ1) is 15.4. The highest BCUT2D eigenvalue weighted by molar-refractivity contribution is 7.89. The second-order valence-corrected chi connectivity index (χ2v) is 7.64. The third kappa shape index (κ3) is 6.07. The Labute approximate surface area is 97.3 Å². The summed E-state index contributed by atoms with van der Waals surface area (Å²) in [6, 6.07) is 0. The largest absolute Gasteiger partial charge is 0.481 e. The van der Waals surface area contributed by atoms with Crippen LogP contribution in [0.3, 0.4) is 0 Å². The lowest BCUT2D eigenvalue weighted by molar-refractivity contribution is -0.146. The van der Waals surface area contributed by atoms with E-state index in [0.29, 0.717) is 0 Å². The second-order valence-electron chi connectivity index (χ2n) is 5.83. The van der Waals surface area contributed by atoms with E-state index in [9.17, 15) is 13.2 Å². The molecule has 0 radical (unpaired) electrons. The van der Waals surface area contributed by atoms with E-state index in [4.69, 9.17) is 5.11 Å². The Morgan fingerprint density at radius 3 is 1.94 bits per heavy atom. The highest BCUT2D eigenvalue weighted by Crippen LogP contribution is 2.17. The van der Waals surface area contributed by atoms with Crippen molar-refractivity contribution in [1.29, 1.82) is 0 Å². The molecule has 0 amide bonds. The number of aliphatic carboxylic acids is 1. The molecule has 0 aromatic rings. The molecule has 0 aromatic carbocycles. The summed E-state index contributed by atoms with van der Waals surface area (Å²) in [4.78, 5) is 10.8. The number of carboxylic acid groups (broad SMARTS) is 1. The molecule has 0 aromatic heterocycles. The van der Waals surface area contributed by atoms with E-state index in [2.05, 4.69) is 4.72 Å². The van der Waals surface area contributed by atoms with Gasteiger partial charge >= 0.3 is 5.97 Å². The first-order valence-electron chi connectivity index (χ1n) is 5.06. The van der Waals surface area contributed by atoms with Gasteiger partial charge in [0.2, 0.25) is 10.0 Å². The van der Waals surface area contributed by atoms with Gasteiger partial charge in [0, 0.05) is 6.54 Å². The van der Waals surface area contributed by atoms with Gasteiger partial charge in [-0.15, -0.1) is 0 Å². The maximum Gasteiger partial charge on any atom is 0.310 e. The van der Waals surface area contributed by atoms with Crippen LogP contribution in [0, 0.1) is 10.8 Å². The Kier molecular flexibility index (Phi) is 4.53. The van der Waals surface area contributed by atoms with Crippen LogP contribution in [-0.4, -0.2) is 31.8 Å². The van der Waals surface area contributed by atoms with Crippen LogP contribution in [0.1, 0.15) is 34.6 Å². The van der Waals surface area contributed by atoms with Gasteiger partial charge < -0.3 is 5.11 Å². The van der Waals surface area contributed by atoms with Crippen LogP contribution >= 0.6 is 0 Å². The summed E-state index contributed by atoms with van der Waals surface area (Å²) >= 11 is 0. The third-order valence-corrected chi connectivity index (χ3v) is 3.77. The van der Waals surface area contributed by atoms with Gasteiger partial charge in [0.1, 0.15) is 0 Å². The Hall–Kier alpha value is -0.620. The van der Waals surface area contributed by atoms with Gasteiger partial charge in [0.15, 0.2) is 0 Å². The smallest absolute Gasteiger partial charge is 0.310 e. The van der Waals surface area contributed by atoms with Crippen LogP contribution in [-0.2, 0) is 14.8 Å². The summed E-state index contributed by atoms with van der Waals surface area (Å²) in [5.74, 6) is -1.04. The number of rotatable bonds is 5. The highest BCUT2D eigenvalue weighted by Gasteiger charge is 2.30. The topological polar surface area (TPSA) is 83.5 Å². The van der Waals surface area contributed by atoms with Crippen LogP contribution < -0.4 is 4.72 Å². The lowest BCUT2D eigenvalue weighted by atomic mass is 9.95. The third-order valence-electron chi connectivity index (χ3n) is 1.94. The van der Waals surface area contributed by atoms with Gasteiger partial charge in [-0.3, -0.25) is 4.79 Å². The predicted octanol–water partition coefficient (Wildman–Crippen LogP) is 1.06. The maximum atomic E-state index is 11.6. The Morgan fingerprint density at radius 1 is 1.19 bits per heavy atom. The molecule has 96 valence electrons. The molecule has 0 saturated carbocycles. The number of hydrogen-bond acceptors (Lipinski definition) is 3. The standard InChI is InChI=1S/C10H21NO4S/c1-9(2,3)7-16(14,15)11-6-10(4,5)8(12)13/h11H,6-7H2,1-5H3,(H,12,13). The molecular formula is C10H21NO4S. The average Bonchev–Trinajstić information content (AvgIpc) is 1.96.